The van der Waals surface area contributed by atoms with E-state index in [1.54, 1.807) is 6.92 Å². The molecule has 2 rings (SSSR count). The number of halogens is 1. The molecule has 7 nitrogen and oxygen atoms in total. The Labute approximate surface area is 140 Å². The molecule has 126 valence electrons. The minimum Gasteiger partial charge on any atom is -0.465 e. The summed E-state index contributed by atoms with van der Waals surface area (Å²) in [6.07, 6.45) is 2.32. The first-order chi connectivity index (χ1) is 11.0. The van der Waals surface area contributed by atoms with Gasteiger partial charge in [-0.05, 0) is 19.4 Å². The summed E-state index contributed by atoms with van der Waals surface area (Å²) in [5.74, 6) is -0.125. The zero-order chi connectivity index (χ0) is 16.8. The smallest absolute Gasteiger partial charge is 0.320 e. The lowest BCUT2D eigenvalue weighted by atomic mass is 10.2. The average Bonchev–Trinajstić information content (AvgIpc) is 2.73. The molecule has 2 heterocycles. The predicted octanol–water partition coefficient (Wildman–Crippen LogP) is 0.909. The molecule has 1 saturated heterocycles. The zero-order valence-corrected chi connectivity index (χ0v) is 13.9. The van der Waals surface area contributed by atoms with Crippen molar-refractivity contribution in [1.82, 2.24) is 9.88 Å². The monoisotopic (exact) mass is 340 g/mol. The van der Waals surface area contributed by atoms with Gasteiger partial charge in [-0.15, -0.1) is 0 Å². The maximum atomic E-state index is 11.6. The van der Waals surface area contributed by atoms with Gasteiger partial charge in [-0.25, -0.2) is 4.98 Å². The quantitative estimate of drug-likeness (QED) is 0.801. The third-order valence-electron chi connectivity index (χ3n) is 3.65. The normalized spacial score (nSPS) is 16.0. The molecule has 1 aliphatic heterocycles. The van der Waals surface area contributed by atoms with Gasteiger partial charge in [0.05, 0.1) is 23.7 Å². The number of carbonyl (C=O) groups is 2. The van der Waals surface area contributed by atoms with Crippen LogP contribution in [0, 0.1) is 0 Å². The van der Waals surface area contributed by atoms with Crippen molar-refractivity contribution < 1.29 is 14.3 Å². The van der Waals surface area contributed by atoms with Crippen LogP contribution < -0.4 is 10.6 Å². The van der Waals surface area contributed by atoms with Gasteiger partial charge in [0, 0.05) is 32.4 Å². The van der Waals surface area contributed by atoms with E-state index in [2.05, 4.69) is 14.8 Å². The molecule has 8 heteroatoms. The van der Waals surface area contributed by atoms with Gasteiger partial charge in [0.25, 0.3) is 0 Å². The molecular weight excluding hydrogens is 320 g/mol. The Balaban J connectivity index is 2.00. The number of amides is 1. The first kappa shape index (κ1) is 17.5. The number of carbonyl (C=O) groups excluding carboxylic acids is 2. The lowest BCUT2D eigenvalue weighted by Gasteiger charge is -2.23. The molecule has 1 aromatic rings. The number of primary amides is 1. The number of aromatic nitrogens is 1. The van der Waals surface area contributed by atoms with Crippen molar-refractivity contribution in [1.29, 1.82) is 0 Å². The summed E-state index contributed by atoms with van der Waals surface area (Å²) < 4.78 is 4.98. The second kappa shape index (κ2) is 8.12. The molecule has 0 spiro atoms. The number of anilines is 1. The van der Waals surface area contributed by atoms with Gasteiger partial charge in [-0.2, -0.15) is 0 Å². The molecule has 23 heavy (non-hydrogen) atoms. The van der Waals surface area contributed by atoms with Crippen molar-refractivity contribution in [3.05, 3.63) is 22.8 Å². The Morgan fingerprint density at radius 1 is 1.35 bits per heavy atom. The van der Waals surface area contributed by atoms with Crippen LogP contribution in [0.5, 0.6) is 0 Å². The van der Waals surface area contributed by atoms with Crippen molar-refractivity contribution >= 4 is 29.3 Å². The number of ether oxygens (including phenoxy) is 1. The van der Waals surface area contributed by atoms with E-state index < -0.39 is 5.91 Å². The average molecular weight is 341 g/mol. The summed E-state index contributed by atoms with van der Waals surface area (Å²) in [5.41, 5.74) is 5.51. The summed E-state index contributed by atoms with van der Waals surface area (Å²) in [6.45, 7) is 5.49. The molecule has 0 unspecified atom stereocenters. The van der Waals surface area contributed by atoms with Gasteiger partial charge in [0.15, 0.2) is 0 Å². The molecule has 0 aromatic carbocycles. The molecule has 1 aromatic heterocycles. The van der Waals surface area contributed by atoms with Crippen LogP contribution in [0.3, 0.4) is 0 Å². The van der Waals surface area contributed by atoms with Crippen LogP contribution in [0.25, 0.3) is 0 Å². The highest BCUT2D eigenvalue weighted by Crippen LogP contribution is 2.25. The lowest BCUT2D eigenvalue weighted by Crippen LogP contribution is -2.35. The van der Waals surface area contributed by atoms with Crippen LogP contribution in [0.15, 0.2) is 12.3 Å². The maximum Gasteiger partial charge on any atom is 0.320 e. The molecule has 1 amide bonds. The molecule has 1 fully saturated rings. The molecule has 2 N–H and O–H groups in total. The van der Waals surface area contributed by atoms with E-state index in [-0.39, 0.29) is 11.5 Å². The lowest BCUT2D eigenvalue weighted by molar-refractivity contribution is -0.144. The largest absolute Gasteiger partial charge is 0.465 e. The standard InChI is InChI=1S/C15H21ClN4O3/c1-2-23-13(21)10-19-4-3-5-20(7-6-19)15-12(16)8-11(9-18-15)14(17)22/h8-9H,2-7,10H2,1H3,(H2,17,22). The van der Waals surface area contributed by atoms with Crippen LogP contribution >= 0.6 is 11.6 Å². The number of pyridine rings is 1. The highest BCUT2D eigenvalue weighted by atomic mass is 35.5. The molecule has 1 aliphatic rings. The van der Waals surface area contributed by atoms with Crippen molar-refractivity contribution in [2.24, 2.45) is 5.73 Å². The van der Waals surface area contributed by atoms with Gasteiger partial charge in [0.1, 0.15) is 5.82 Å². The molecule has 0 bridgehead atoms. The van der Waals surface area contributed by atoms with E-state index in [0.717, 1.165) is 19.5 Å². The molecular formula is C15H21ClN4O3. The van der Waals surface area contributed by atoms with Crippen LogP contribution in [-0.2, 0) is 9.53 Å². The summed E-state index contributed by atoms with van der Waals surface area (Å²) in [5, 5.41) is 0.403. The van der Waals surface area contributed by atoms with E-state index in [1.807, 2.05) is 0 Å². The van der Waals surface area contributed by atoms with Crippen LogP contribution in [0.1, 0.15) is 23.7 Å². The summed E-state index contributed by atoms with van der Waals surface area (Å²) in [6, 6.07) is 1.54. The van der Waals surface area contributed by atoms with Crippen LogP contribution in [0.4, 0.5) is 5.82 Å². The van der Waals surface area contributed by atoms with E-state index in [4.69, 9.17) is 22.1 Å². The fourth-order valence-corrected chi connectivity index (χ4v) is 2.81. The number of nitrogens with zero attached hydrogens (tertiary/aromatic N) is 3. The minimum absolute atomic E-state index is 0.206. The fourth-order valence-electron chi connectivity index (χ4n) is 2.53. The van der Waals surface area contributed by atoms with Gasteiger partial charge in [-0.1, -0.05) is 11.6 Å². The topological polar surface area (TPSA) is 88.8 Å². The van der Waals surface area contributed by atoms with Gasteiger partial charge in [-0.3, -0.25) is 14.5 Å². The second-order valence-corrected chi connectivity index (χ2v) is 5.72. The molecule has 0 atom stereocenters. The van der Waals surface area contributed by atoms with E-state index in [1.165, 1.54) is 12.3 Å². The second-order valence-electron chi connectivity index (χ2n) is 5.32. The highest BCUT2D eigenvalue weighted by Gasteiger charge is 2.20. The van der Waals surface area contributed by atoms with Gasteiger partial charge < -0.3 is 15.4 Å². The van der Waals surface area contributed by atoms with Crippen molar-refractivity contribution in [2.45, 2.75) is 13.3 Å². The zero-order valence-electron chi connectivity index (χ0n) is 13.1. The summed E-state index contributed by atoms with van der Waals surface area (Å²) >= 11 is 6.22. The third kappa shape index (κ3) is 4.80. The Kier molecular flexibility index (Phi) is 6.18. The summed E-state index contributed by atoms with van der Waals surface area (Å²) in [4.78, 5) is 31.1. The molecule has 0 saturated carbocycles. The van der Waals surface area contributed by atoms with Crippen molar-refractivity contribution in [3.8, 4) is 0 Å². The number of hydrogen-bond donors (Lipinski definition) is 1. The van der Waals surface area contributed by atoms with Crippen molar-refractivity contribution in [2.75, 3.05) is 44.2 Å². The Bertz CT molecular complexity index is 582. The molecule has 0 radical (unpaired) electrons. The van der Waals surface area contributed by atoms with E-state index in [9.17, 15) is 9.59 Å². The van der Waals surface area contributed by atoms with E-state index in [0.29, 0.717) is 37.1 Å². The van der Waals surface area contributed by atoms with Crippen LogP contribution in [-0.4, -0.2) is 61.1 Å². The summed E-state index contributed by atoms with van der Waals surface area (Å²) in [7, 11) is 0. The van der Waals surface area contributed by atoms with E-state index >= 15 is 0 Å². The van der Waals surface area contributed by atoms with Crippen molar-refractivity contribution in [3.63, 3.8) is 0 Å². The first-order valence-corrected chi connectivity index (χ1v) is 7.97. The Morgan fingerprint density at radius 2 is 2.13 bits per heavy atom. The third-order valence-corrected chi connectivity index (χ3v) is 3.93. The van der Waals surface area contributed by atoms with Crippen LogP contribution in [0.2, 0.25) is 5.02 Å². The highest BCUT2D eigenvalue weighted by molar-refractivity contribution is 6.33. The number of esters is 1. The fraction of sp³-hybridized carbons (Fsp3) is 0.533. The van der Waals surface area contributed by atoms with Gasteiger partial charge in [0.2, 0.25) is 5.91 Å². The minimum atomic E-state index is -0.553. The van der Waals surface area contributed by atoms with Gasteiger partial charge >= 0.3 is 5.97 Å². The Hall–Kier alpha value is -1.86. The number of rotatable bonds is 5. The number of hydrogen-bond acceptors (Lipinski definition) is 6. The number of nitrogens with two attached hydrogens (primary N) is 1. The SMILES string of the molecule is CCOC(=O)CN1CCCN(c2ncc(C(N)=O)cc2Cl)CC1. The Morgan fingerprint density at radius 3 is 2.78 bits per heavy atom. The predicted molar refractivity (Wildman–Crippen MR) is 87.7 cm³/mol. The first-order valence-electron chi connectivity index (χ1n) is 7.59. The molecule has 0 aliphatic carbocycles. The maximum absolute atomic E-state index is 11.6.